The zero-order valence-electron chi connectivity index (χ0n) is 11.3. The van der Waals surface area contributed by atoms with Crippen molar-refractivity contribution < 1.29 is 14.4 Å². The Morgan fingerprint density at radius 3 is 3.00 bits per heavy atom. The summed E-state index contributed by atoms with van der Waals surface area (Å²) in [6.07, 6.45) is 1.48. The average Bonchev–Trinajstić information content (AvgIpc) is 3.05. The van der Waals surface area contributed by atoms with Gasteiger partial charge >= 0.3 is 5.97 Å². The molecule has 0 amide bonds. The molecule has 0 atom stereocenters. The van der Waals surface area contributed by atoms with Gasteiger partial charge < -0.3 is 9.63 Å². The van der Waals surface area contributed by atoms with Gasteiger partial charge in [-0.25, -0.2) is 0 Å². The zero-order valence-corrected chi connectivity index (χ0v) is 13.0. The first-order chi connectivity index (χ1) is 9.49. The standard InChI is InChI=1S/C13H16N2O3S2/c1-13(2,12(16)17)20-8-4-6-10-14-11(15-18-10)9-5-3-7-19-9/h3,5,7H,4,6,8H2,1-2H3,(H,16,17). The van der Waals surface area contributed by atoms with Crippen LogP contribution in [0.15, 0.2) is 22.0 Å². The molecule has 0 radical (unpaired) electrons. The van der Waals surface area contributed by atoms with E-state index >= 15 is 0 Å². The summed E-state index contributed by atoms with van der Waals surface area (Å²) >= 11 is 2.99. The average molecular weight is 312 g/mol. The number of aromatic nitrogens is 2. The van der Waals surface area contributed by atoms with Crippen LogP contribution in [0, 0.1) is 0 Å². The molecule has 108 valence electrons. The molecule has 0 aliphatic rings. The molecule has 2 heterocycles. The van der Waals surface area contributed by atoms with Crippen molar-refractivity contribution >= 4 is 29.1 Å². The molecule has 1 N–H and O–H groups in total. The van der Waals surface area contributed by atoms with Crippen LogP contribution in [0.4, 0.5) is 0 Å². The van der Waals surface area contributed by atoms with Gasteiger partial charge in [0.05, 0.1) is 4.88 Å². The molecule has 2 rings (SSSR count). The highest BCUT2D eigenvalue weighted by Gasteiger charge is 2.27. The Labute approximate surface area is 125 Å². The van der Waals surface area contributed by atoms with E-state index in [0.29, 0.717) is 18.1 Å². The van der Waals surface area contributed by atoms with Crippen LogP contribution in [-0.4, -0.2) is 31.7 Å². The van der Waals surface area contributed by atoms with Crippen molar-refractivity contribution in [1.29, 1.82) is 0 Å². The minimum absolute atomic E-state index is 0.599. The molecular formula is C13H16N2O3S2. The van der Waals surface area contributed by atoms with Crippen LogP contribution in [0.2, 0.25) is 0 Å². The third-order valence-electron chi connectivity index (χ3n) is 2.72. The van der Waals surface area contributed by atoms with Gasteiger partial charge in [-0.1, -0.05) is 11.2 Å². The van der Waals surface area contributed by atoms with E-state index in [1.165, 1.54) is 11.8 Å². The SMILES string of the molecule is CC(C)(SCCCc1nc(-c2cccs2)no1)C(=O)O. The van der Waals surface area contributed by atoms with Gasteiger partial charge in [0.1, 0.15) is 4.75 Å². The maximum Gasteiger partial charge on any atom is 0.319 e. The fourth-order valence-corrected chi connectivity index (χ4v) is 3.05. The van der Waals surface area contributed by atoms with Gasteiger partial charge in [0.2, 0.25) is 11.7 Å². The number of hydrogen-bond donors (Lipinski definition) is 1. The van der Waals surface area contributed by atoms with Gasteiger partial charge in [0.25, 0.3) is 0 Å². The van der Waals surface area contributed by atoms with Crippen molar-refractivity contribution in [1.82, 2.24) is 10.1 Å². The molecule has 0 saturated heterocycles. The van der Waals surface area contributed by atoms with Crippen LogP contribution in [0.5, 0.6) is 0 Å². The molecule has 0 fully saturated rings. The summed E-state index contributed by atoms with van der Waals surface area (Å²) in [7, 11) is 0. The zero-order chi connectivity index (χ0) is 14.6. The molecule has 0 spiro atoms. The third-order valence-corrected chi connectivity index (χ3v) is 4.98. The van der Waals surface area contributed by atoms with Crippen LogP contribution < -0.4 is 0 Å². The van der Waals surface area contributed by atoms with Gasteiger partial charge in [-0.3, -0.25) is 4.79 Å². The normalized spacial score (nSPS) is 11.7. The van der Waals surface area contributed by atoms with E-state index in [4.69, 9.17) is 9.63 Å². The lowest BCUT2D eigenvalue weighted by Crippen LogP contribution is -2.27. The number of nitrogens with zero attached hydrogens (tertiary/aromatic N) is 2. The number of rotatable bonds is 7. The second-order valence-electron chi connectivity index (χ2n) is 4.76. The smallest absolute Gasteiger partial charge is 0.319 e. The molecule has 7 heteroatoms. The lowest BCUT2D eigenvalue weighted by atomic mass is 10.2. The molecule has 2 aromatic heterocycles. The Morgan fingerprint density at radius 2 is 2.35 bits per heavy atom. The quantitative estimate of drug-likeness (QED) is 0.790. The molecule has 20 heavy (non-hydrogen) atoms. The van der Waals surface area contributed by atoms with Crippen LogP contribution in [0.3, 0.4) is 0 Å². The topological polar surface area (TPSA) is 76.2 Å². The number of thioether (sulfide) groups is 1. The number of carbonyl (C=O) groups is 1. The lowest BCUT2D eigenvalue weighted by Gasteiger charge is -2.17. The minimum Gasteiger partial charge on any atom is -0.480 e. The predicted molar refractivity (Wildman–Crippen MR) is 80.1 cm³/mol. The van der Waals surface area contributed by atoms with E-state index in [9.17, 15) is 4.79 Å². The van der Waals surface area contributed by atoms with Gasteiger partial charge in [0, 0.05) is 6.42 Å². The van der Waals surface area contributed by atoms with Gasteiger partial charge in [-0.2, -0.15) is 4.98 Å². The van der Waals surface area contributed by atoms with Crippen molar-refractivity contribution in [2.45, 2.75) is 31.4 Å². The summed E-state index contributed by atoms with van der Waals surface area (Å²) in [5.41, 5.74) is 0. The van der Waals surface area contributed by atoms with Crippen LogP contribution in [0.25, 0.3) is 10.7 Å². The summed E-state index contributed by atoms with van der Waals surface area (Å²) in [4.78, 5) is 16.3. The van der Waals surface area contributed by atoms with E-state index < -0.39 is 10.7 Å². The number of thiophene rings is 1. The summed E-state index contributed by atoms with van der Waals surface area (Å²) in [6.45, 7) is 3.42. The molecule has 2 aromatic rings. The summed E-state index contributed by atoms with van der Waals surface area (Å²) in [6, 6.07) is 3.89. The van der Waals surface area contributed by atoms with Crippen LogP contribution in [0.1, 0.15) is 26.2 Å². The highest BCUT2D eigenvalue weighted by molar-refractivity contribution is 8.01. The maximum absolute atomic E-state index is 11.0. The minimum atomic E-state index is -0.791. The Hall–Kier alpha value is -1.34. The molecule has 5 nitrogen and oxygen atoms in total. The first-order valence-corrected chi connectivity index (χ1v) is 8.09. The highest BCUT2D eigenvalue weighted by atomic mass is 32.2. The van der Waals surface area contributed by atoms with E-state index in [1.54, 1.807) is 25.2 Å². The van der Waals surface area contributed by atoms with E-state index in [1.807, 2.05) is 17.5 Å². The lowest BCUT2D eigenvalue weighted by molar-refractivity contribution is -0.138. The Balaban J connectivity index is 1.79. The van der Waals surface area contributed by atoms with Crippen molar-refractivity contribution in [2.75, 3.05) is 5.75 Å². The van der Waals surface area contributed by atoms with Crippen molar-refractivity contribution in [3.63, 3.8) is 0 Å². The number of carboxylic acid groups (broad SMARTS) is 1. The summed E-state index contributed by atoms with van der Waals surface area (Å²) < 4.78 is 4.44. The second-order valence-corrected chi connectivity index (χ2v) is 7.42. The third kappa shape index (κ3) is 3.83. The Kier molecular flexibility index (Phi) is 4.82. The molecule has 0 aromatic carbocycles. The van der Waals surface area contributed by atoms with Crippen molar-refractivity contribution in [2.24, 2.45) is 0 Å². The fourth-order valence-electron chi connectivity index (χ4n) is 1.47. The number of hydrogen-bond acceptors (Lipinski definition) is 6. The number of carboxylic acids is 1. The van der Waals surface area contributed by atoms with E-state index in [2.05, 4.69) is 10.1 Å². The first kappa shape index (κ1) is 15.1. The first-order valence-electron chi connectivity index (χ1n) is 6.23. The molecule has 0 aliphatic heterocycles. The predicted octanol–water partition coefficient (Wildman–Crippen LogP) is 3.33. The second kappa shape index (κ2) is 6.41. The van der Waals surface area contributed by atoms with Gasteiger partial charge in [0.15, 0.2) is 0 Å². The summed E-state index contributed by atoms with van der Waals surface area (Å²) in [5, 5.41) is 14.9. The Bertz CT molecular complexity index is 564. The van der Waals surface area contributed by atoms with Gasteiger partial charge in [-0.05, 0) is 37.5 Å². The maximum atomic E-state index is 11.0. The number of aryl methyl sites for hydroxylation is 1. The van der Waals surface area contributed by atoms with Crippen LogP contribution >= 0.6 is 23.1 Å². The molecule has 0 unspecified atom stereocenters. The van der Waals surface area contributed by atoms with Crippen LogP contribution in [-0.2, 0) is 11.2 Å². The van der Waals surface area contributed by atoms with Gasteiger partial charge in [-0.15, -0.1) is 23.1 Å². The fraction of sp³-hybridized carbons (Fsp3) is 0.462. The number of aliphatic carboxylic acids is 1. The Morgan fingerprint density at radius 1 is 1.55 bits per heavy atom. The van der Waals surface area contributed by atoms with Crippen molar-refractivity contribution in [3.05, 3.63) is 23.4 Å². The van der Waals surface area contributed by atoms with E-state index in [0.717, 1.165) is 17.1 Å². The van der Waals surface area contributed by atoms with E-state index in [-0.39, 0.29) is 0 Å². The summed E-state index contributed by atoms with van der Waals surface area (Å²) in [5.74, 6) is 1.17. The molecule has 0 aliphatic carbocycles. The largest absolute Gasteiger partial charge is 0.480 e. The molecule has 0 saturated carbocycles. The molecular weight excluding hydrogens is 296 g/mol. The monoisotopic (exact) mass is 312 g/mol. The van der Waals surface area contributed by atoms with Crippen molar-refractivity contribution in [3.8, 4) is 10.7 Å². The molecule has 0 bridgehead atoms. The highest BCUT2D eigenvalue weighted by Crippen LogP contribution is 2.26.